The lowest BCUT2D eigenvalue weighted by atomic mass is 10.2. The summed E-state index contributed by atoms with van der Waals surface area (Å²) in [5.74, 6) is -0.194. The molecular formula is C13H17FN4S. The second-order valence-corrected chi connectivity index (χ2v) is 5.53. The fourth-order valence-electron chi connectivity index (χ4n) is 1.59. The summed E-state index contributed by atoms with van der Waals surface area (Å²) < 4.78 is 15.6. The second kappa shape index (κ2) is 6.16. The van der Waals surface area contributed by atoms with Crippen molar-refractivity contribution in [2.24, 2.45) is 7.05 Å². The van der Waals surface area contributed by atoms with Gasteiger partial charge in [-0.05, 0) is 23.9 Å². The van der Waals surface area contributed by atoms with Crippen LogP contribution in [0.1, 0.15) is 19.4 Å². The number of hydrogen-bond donors (Lipinski definition) is 1. The van der Waals surface area contributed by atoms with E-state index in [2.05, 4.69) is 15.4 Å². The lowest BCUT2D eigenvalue weighted by molar-refractivity contribution is 0.546. The molecule has 1 heterocycles. The zero-order chi connectivity index (χ0) is 13.8. The second-order valence-electron chi connectivity index (χ2n) is 4.52. The molecule has 0 unspecified atom stereocenters. The molecule has 0 radical (unpaired) electrons. The highest BCUT2D eigenvalue weighted by Gasteiger charge is 2.12. The number of aromatic nitrogens is 3. The van der Waals surface area contributed by atoms with Crippen molar-refractivity contribution in [3.05, 3.63) is 35.9 Å². The average Bonchev–Trinajstić information content (AvgIpc) is 2.74. The van der Waals surface area contributed by atoms with Crippen LogP contribution >= 0.6 is 11.8 Å². The van der Waals surface area contributed by atoms with E-state index in [0.29, 0.717) is 18.2 Å². The van der Waals surface area contributed by atoms with Crippen LogP contribution in [0.3, 0.4) is 0 Å². The van der Waals surface area contributed by atoms with E-state index in [0.717, 1.165) is 10.1 Å². The molecule has 1 aromatic heterocycles. The third-order valence-corrected chi connectivity index (χ3v) is 3.79. The lowest BCUT2D eigenvalue weighted by Crippen LogP contribution is -2.22. The molecule has 1 N–H and O–H groups in total. The van der Waals surface area contributed by atoms with E-state index in [1.165, 1.54) is 24.2 Å². The topological polar surface area (TPSA) is 42.7 Å². The van der Waals surface area contributed by atoms with Gasteiger partial charge in [0.25, 0.3) is 0 Å². The zero-order valence-electron chi connectivity index (χ0n) is 11.2. The highest BCUT2D eigenvalue weighted by molar-refractivity contribution is 7.99. The van der Waals surface area contributed by atoms with Gasteiger partial charge in [-0.3, -0.25) is 0 Å². The summed E-state index contributed by atoms with van der Waals surface area (Å²) >= 11 is 1.42. The number of halogens is 1. The highest BCUT2D eigenvalue weighted by Crippen LogP contribution is 2.29. The molecule has 0 aliphatic rings. The summed E-state index contributed by atoms with van der Waals surface area (Å²) in [6, 6.07) is 5.41. The first kappa shape index (κ1) is 14.0. The molecular weight excluding hydrogens is 263 g/mol. The van der Waals surface area contributed by atoms with Crippen molar-refractivity contribution in [1.82, 2.24) is 20.1 Å². The van der Waals surface area contributed by atoms with E-state index in [1.54, 1.807) is 10.7 Å². The van der Waals surface area contributed by atoms with Gasteiger partial charge in [0.2, 0.25) is 0 Å². The summed E-state index contributed by atoms with van der Waals surface area (Å²) in [5, 5.41) is 8.00. The van der Waals surface area contributed by atoms with Gasteiger partial charge in [0, 0.05) is 30.1 Å². The van der Waals surface area contributed by atoms with E-state index < -0.39 is 0 Å². The molecule has 1 aromatic carbocycles. The molecule has 0 aliphatic carbocycles. The van der Waals surface area contributed by atoms with Crippen LogP contribution < -0.4 is 5.32 Å². The molecule has 2 aromatic rings. The number of aryl methyl sites for hydroxylation is 1. The molecule has 0 amide bonds. The maximum absolute atomic E-state index is 13.9. The Morgan fingerprint density at radius 2 is 2.21 bits per heavy atom. The van der Waals surface area contributed by atoms with E-state index >= 15 is 0 Å². The first-order valence-electron chi connectivity index (χ1n) is 6.10. The van der Waals surface area contributed by atoms with E-state index in [-0.39, 0.29) is 5.82 Å². The average molecular weight is 280 g/mol. The van der Waals surface area contributed by atoms with Crippen LogP contribution in [0.15, 0.2) is 34.6 Å². The predicted molar refractivity (Wildman–Crippen MR) is 73.5 cm³/mol. The van der Waals surface area contributed by atoms with Crippen molar-refractivity contribution < 1.29 is 4.39 Å². The van der Waals surface area contributed by atoms with Crippen molar-refractivity contribution in [3.8, 4) is 0 Å². The number of benzene rings is 1. The van der Waals surface area contributed by atoms with Gasteiger partial charge in [0.1, 0.15) is 12.1 Å². The third kappa shape index (κ3) is 3.54. The van der Waals surface area contributed by atoms with E-state index in [4.69, 9.17) is 0 Å². The van der Waals surface area contributed by atoms with Gasteiger partial charge < -0.3 is 5.32 Å². The molecule has 19 heavy (non-hydrogen) atoms. The van der Waals surface area contributed by atoms with Crippen LogP contribution in [-0.2, 0) is 13.6 Å². The van der Waals surface area contributed by atoms with Crippen LogP contribution in [0, 0.1) is 5.82 Å². The predicted octanol–water partition coefficient (Wildman–Crippen LogP) is 2.60. The molecule has 2 rings (SSSR count). The summed E-state index contributed by atoms with van der Waals surface area (Å²) in [6.45, 7) is 4.58. The molecule has 0 bridgehead atoms. The maximum Gasteiger partial charge on any atom is 0.190 e. The molecule has 102 valence electrons. The van der Waals surface area contributed by atoms with Crippen LogP contribution in [0.2, 0.25) is 0 Å². The van der Waals surface area contributed by atoms with Gasteiger partial charge in [-0.2, -0.15) is 5.10 Å². The first-order valence-corrected chi connectivity index (χ1v) is 6.92. The number of nitrogens with one attached hydrogen (secondary N) is 1. The van der Waals surface area contributed by atoms with Crippen molar-refractivity contribution in [3.63, 3.8) is 0 Å². The summed E-state index contributed by atoms with van der Waals surface area (Å²) in [5.41, 5.74) is 0.671. The number of rotatable bonds is 5. The number of nitrogens with zero attached hydrogens (tertiary/aromatic N) is 3. The largest absolute Gasteiger partial charge is 0.310 e. The van der Waals surface area contributed by atoms with Gasteiger partial charge >= 0.3 is 0 Å². The van der Waals surface area contributed by atoms with Crippen molar-refractivity contribution in [2.75, 3.05) is 0 Å². The molecule has 0 aliphatic heterocycles. The Morgan fingerprint density at radius 1 is 1.42 bits per heavy atom. The minimum Gasteiger partial charge on any atom is -0.310 e. The van der Waals surface area contributed by atoms with Gasteiger partial charge in [-0.25, -0.2) is 14.1 Å². The van der Waals surface area contributed by atoms with Crippen molar-refractivity contribution in [2.45, 2.75) is 36.5 Å². The Morgan fingerprint density at radius 3 is 2.84 bits per heavy atom. The first-order chi connectivity index (χ1) is 9.08. The van der Waals surface area contributed by atoms with Gasteiger partial charge in [0.15, 0.2) is 5.16 Å². The summed E-state index contributed by atoms with van der Waals surface area (Å²) in [7, 11) is 1.82. The fourth-order valence-corrected chi connectivity index (χ4v) is 2.50. The van der Waals surface area contributed by atoms with Crippen LogP contribution in [-0.4, -0.2) is 20.8 Å². The van der Waals surface area contributed by atoms with Crippen LogP contribution in [0.25, 0.3) is 0 Å². The van der Waals surface area contributed by atoms with Crippen molar-refractivity contribution >= 4 is 11.8 Å². The van der Waals surface area contributed by atoms with Gasteiger partial charge in [-0.15, -0.1) is 0 Å². The Hall–Kier alpha value is -1.40. The summed E-state index contributed by atoms with van der Waals surface area (Å²) in [6.07, 6.45) is 1.49. The van der Waals surface area contributed by atoms with E-state index in [1.807, 2.05) is 27.0 Å². The Labute approximate surface area is 116 Å². The zero-order valence-corrected chi connectivity index (χ0v) is 12.0. The molecule has 0 atom stereocenters. The normalized spacial score (nSPS) is 11.2. The van der Waals surface area contributed by atoms with Gasteiger partial charge in [-0.1, -0.05) is 19.9 Å². The van der Waals surface area contributed by atoms with Crippen LogP contribution in [0.5, 0.6) is 0 Å². The smallest absolute Gasteiger partial charge is 0.190 e. The molecule has 4 nitrogen and oxygen atoms in total. The molecule has 0 saturated heterocycles. The standard InChI is InChI=1S/C13H17FN4S/c1-9(2)15-7-10-11(14)5-4-6-12(10)19-13-16-8-17-18(13)3/h4-6,8-9,15H,7H2,1-3H3. The maximum atomic E-state index is 13.9. The van der Waals surface area contributed by atoms with E-state index in [9.17, 15) is 4.39 Å². The quantitative estimate of drug-likeness (QED) is 0.914. The highest BCUT2D eigenvalue weighted by atomic mass is 32.2. The monoisotopic (exact) mass is 280 g/mol. The number of hydrogen-bond acceptors (Lipinski definition) is 4. The Kier molecular flexibility index (Phi) is 4.55. The molecule has 0 spiro atoms. The Bertz CT molecular complexity index is 553. The fraction of sp³-hybridized carbons (Fsp3) is 0.385. The minimum absolute atomic E-state index is 0.194. The SMILES string of the molecule is CC(C)NCc1c(F)cccc1Sc1ncnn1C. The van der Waals surface area contributed by atoms with Gasteiger partial charge in [0.05, 0.1) is 0 Å². The molecule has 6 heteroatoms. The third-order valence-electron chi connectivity index (χ3n) is 2.63. The Balaban J connectivity index is 2.24. The lowest BCUT2D eigenvalue weighted by Gasteiger charge is -2.12. The van der Waals surface area contributed by atoms with Crippen molar-refractivity contribution in [1.29, 1.82) is 0 Å². The molecule has 0 fully saturated rings. The minimum atomic E-state index is -0.194. The molecule has 0 saturated carbocycles. The summed E-state index contributed by atoms with van der Waals surface area (Å²) in [4.78, 5) is 5.01. The van der Waals surface area contributed by atoms with Crippen LogP contribution in [0.4, 0.5) is 4.39 Å².